The third kappa shape index (κ3) is 5.18. The quantitative estimate of drug-likeness (QED) is 0.455. The molecule has 1 aromatic heterocycles. The smallest absolute Gasteiger partial charge is 0.271 e. The Balaban J connectivity index is 1.63. The number of halogens is 1. The number of likely N-dealkylation sites (N-methyl/N-ethyl adjacent to an activating group) is 1. The zero-order valence-corrected chi connectivity index (χ0v) is 19.2. The van der Waals surface area contributed by atoms with E-state index in [0.717, 1.165) is 26.2 Å². The van der Waals surface area contributed by atoms with Crippen LogP contribution in [-0.4, -0.2) is 54.0 Å². The number of benzene rings is 2. The minimum atomic E-state index is -0.755. The van der Waals surface area contributed by atoms with Crippen LogP contribution in [0.3, 0.4) is 0 Å². The van der Waals surface area contributed by atoms with Gasteiger partial charge in [0, 0.05) is 43.6 Å². The summed E-state index contributed by atoms with van der Waals surface area (Å²) in [6.45, 7) is 5.11. The Labute approximate surface area is 197 Å². The Bertz CT molecular complexity index is 1200. The van der Waals surface area contributed by atoms with Crippen molar-refractivity contribution < 1.29 is 13.9 Å². The van der Waals surface area contributed by atoms with Crippen molar-refractivity contribution in [3.05, 3.63) is 59.7 Å². The highest BCUT2D eigenvalue weighted by Crippen LogP contribution is 2.30. The predicted octanol–water partition coefficient (Wildman–Crippen LogP) is 3.15. The fourth-order valence-corrected chi connectivity index (χ4v) is 3.74. The van der Waals surface area contributed by atoms with Crippen LogP contribution in [0.1, 0.15) is 23.1 Å². The number of carbonyl (C=O) groups excluding carboxylic acids is 1. The van der Waals surface area contributed by atoms with Crippen molar-refractivity contribution in [3.8, 4) is 11.6 Å². The lowest BCUT2D eigenvalue weighted by Gasteiger charge is -2.34. The van der Waals surface area contributed by atoms with E-state index in [1.54, 1.807) is 36.4 Å². The Morgan fingerprint density at radius 3 is 2.56 bits per heavy atom. The number of piperazine rings is 1. The van der Waals surface area contributed by atoms with E-state index in [9.17, 15) is 9.18 Å². The first-order chi connectivity index (χ1) is 16.3. The molecule has 10 heteroatoms. The normalized spacial score (nSPS) is 14.1. The molecule has 9 nitrogen and oxygen atoms in total. The second-order valence-corrected chi connectivity index (χ2v) is 8.15. The van der Waals surface area contributed by atoms with E-state index in [-0.39, 0.29) is 23.2 Å². The minimum absolute atomic E-state index is 0.0553. The fraction of sp³-hybridized carbons (Fsp3) is 0.292. The number of rotatable bonds is 7. The van der Waals surface area contributed by atoms with Crippen molar-refractivity contribution in [1.29, 1.82) is 0 Å². The number of aromatic nitrogens is 2. The zero-order valence-electron chi connectivity index (χ0n) is 19.2. The fourth-order valence-electron chi connectivity index (χ4n) is 3.74. The number of aryl methyl sites for hydroxylation is 1. The van der Waals surface area contributed by atoms with E-state index < -0.39 is 5.91 Å². The van der Waals surface area contributed by atoms with E-state index in [1.165, 1.54) is 6.07 Å². The first kappa shape index (κ1) is 23.2. The second kappa shape index (κ2) is 9.92. The number of nitrogens with one attached hydrogen (secondary N) is 1. The topological polar surface area (TPSA) is 123 Å². The molecule has 2 aromatic carbocycles. The molecule has 0 atom stereocenters. The van der Waals surface area contributed by atoms with Crippen LogP contribution in [0.4, 0.5) is 27.3 Å². The molecule has 34 heavy (non-hydrogen) atoms. The van der Waals surface area contributed by atoms with Gasteiger partial charge in [-0.3, -0.25) is 4.79 Å². The molecule has 1 aliphatic rings. The van der Waals surface area contributed by atoms with E-state index in [1.807, 2.05) is 18.9 Å². The molecule has 1 fully saturated rings. The number of ether oxygens (including phenoxy) is 1. The lowest BCUT2D eigenvalue weighted by Crippen LogP contribution is -2.44. The van der Waals surface area contributed by atoms with Crippen molar-refractivity contribution in [2.75, 3.05) is 49.2 Å². The summed E-state index contributed by atoms with van der Waals surface area (Å²) in [6, 6.07) is 11.7. The Morgan fingerprint density at radius 2 is 1.91 bits per heavy atom. The zero-order chi connectivity index (χ0) is 24.2. The SMILES string of the molecule is CCc1nc(C(N)=O)c(Nc2ccc(N3CCN(C)CC3)c(F)c2)nc1Oc1cccc(N)c1. The van der Waals surface area contributed by atoms with E-state index in [4.69, 9.17) is 16.2 Å². The monoisotopic (exact) mass is 465 g/mol. The summed E-state index contributed by atoms with van der Waals surface area (Å²) in [4.78, 5) is 25.1. The standard InChI is InChI=1S/C24H28FN7O2/c1-3-19-24(34-17-6-4-5-15(26)13-17)30-23(21(29-19)22(27)33)28-16-7-8-20(18(25)14-16)32-11-9-31(2)10-12-32/h4-8,13-14H,3,9-12,26H2,1-2H3,(H2,27,33)(H,28,30). The van der Waals surface area contributed by atoms with Crippen LogP contribution >= 0.6 is 0 Å². The highest BCUT2D eigenvalue weighted by atomic mass is 19.1. The third-order valence-electron chi connectivity index (χ3n) is 5.63. The molecule has 3 aromatic rings. The molecular formula is C24H28FN7O2. The molecule has 1 aliphatic heterocycles. The number of hydrogen-bond acceptors (Lipinski definition) is 8. The molecule has 2 heterocycles. The van der Waals surface area contributed by atoms with Crippen molar-refractivity contribution >= 4 is 28.8 Å². The Hall–Kier alpha value is -3.92. The average molecular weight is 466 g/mol. The van der Waals surface area contributed by atoms with Gasteiger partial charge in [0.15, 0.2) is 11.5 Å². The van der Waals surface area contributed by atoms with Crippen molar-refractivity contribution in [1.82, 2.24) is 14.9 Å². The molecule has 1 saturated heterocycles. The molecule has 0 spiro atoms. The van der Waals surface area contributed by atoms with Crippen LogP contribution in [0.25, 0.3) is 0 Å². The number of carbonyl (C=O) groups is 1. The molecule has 0 radical (unpaired) electrons. The summed E-state index contributed by atoms with van der Waals surface area (Å²) >= 11 is 0. The number of nitrogens with two attached hydrogens (primary N) is 2. The summed E-state index contributed by atoms with van der Waals surface area (Å²) in [6.07, 6.45) is 0.458. The number of amides is 1. The van der Waals surface area contributed by atoms with Crippen LogP contribution in [0, 0.1) is 5.82 Å². The lowest BCUT2D eigenvalue weighted by molar-refractivity contribution is 0.0996. The van der Waals surface area contributed by atoms with Gasteiger partial charge in [0.25, 0.3) is 5.91 Å². The van der Waals surface area contributed by atoms with Crippen LogP contribution in [0.2, 0.25) is 0 Å². The third-order valence-corrected chi connectivity index (χ3v) is 5.63. The molecule has 0 unspecified atom stereocenters. The molecule has 0 bridgehead atoms. The second-order valence-electron chi connectivity index (χ2n) is 8.15. The molecule has 0 aliphatic carbocycles. The molecular weight excluding hydrogens is 437 g/mol. The summed E-state index contributed by atoms with van der Waals surface area (Å²) in [7, 11) is 2.05. The maximum Gasteiger partial charge on any atom is 0.271 e. The van der Waals surface area contributed by atoms with Gasteiger partial charge in [-0.15, -0.1) is 0 Å². The maximum absolute atomic E-state index is 15.0. The summed E-state index contributed by atoms with van der Waals surface area (Å²) in [5.74, 6) is -0.367. The maximum atomic E-state index is 15.0. The summed E-state index contributed by atoms with van der Waals surface area (Å²) < 4.78 is 20.9. The Kier molecular flexibility index (Phi) is 6.78. The first-order valence-corrected chi connectivity index (χ1v) is 11.1. The summed E-state index contributed by atoms with van der Waals surface area (Å²) in [5.41, 5.74) is 13.3. The van der Waals surface area contributed by atoms with Crippen molar-refractivity contribution in [3.63, 3.8) is 0 Å². The van der Waals surface area contributed by atoms with Crippen LogP contribution in [-0.2, 0) is 6.42 Å². The van der Waals surface area contributed by atoms with Crippen LogP contribution in [0.15, 0.2) is 42.5 Å². The van der Waals surface area contributed by atoms with E-state index in [0.29, 0.717) is 34.9 Å². The van der Waals surface area contributed by atoms with Gasteiger partial charge < -0.3 is 31.3 Å². The first-order valence-electron chi connectivity index (χ1n) is 11.1. The van der Waals surface area contributed by atoms with Gasteiger partial charge in [-0.1, -0.05) is 13.0 Å². The van der Waals surface area contributed by atoms with Crippen molar-refractivity contribution in [2.45, 2.75) is 13.3 Å². The molecule has 1 amide bonds. The van der Waals surface area contributed by atoms with Crippen LogP contribution in [0.5, 0.6) is 11.6 Å². The van der Waals surface area contributed by atoms with E-state index >= 15 is 0 Å². The lowest BCUT2D eigenvalue weighted by atomic mass is 10.2. The number of nitrogens with zero attached hydrogens (tertiary/aromatic N) is 4. The Morgan fingerprint density at radius 1 is 1.15 bits per heavy atom. The van der Waals surface area contributed by atoms with Crippen molar-refractivity contribution in [2.24, 2.45) is 5.73 Å². The molecule has 4 rings (SSSR count). The van der Waals surface area contributed by atoms with E-state index in [2.05, 4.69) is 20.2 Å². The minimum Gasteiger partial charge on any atom is -0.437 e. The number of hydrogen-bond donors (Lipinski definition) is 3. The van der Waals surface area contributed by atoms with Gasteiger partial charge in [-0.05, 0) is 43.8 Å². The van der Waals surface area contributed by atoms with Crippen LogP contribution < -0.4 is 26.4 Å². The molecule has 178 valence electrons. The van der Waals surface area contributed by atoms with Gasteiger partial charge in [-0.2, -0.15) is 4.98 Å². The van der Waals surface area contributed by atoms with Gasteiger partial charge in [0.1, 0.15) is 17.3 Å². The van der Waals surface area contributed by atoms with Gasteiger partial charge >= 0.3 is 0 Å². The highest BCUT2D eigenvalue weighted by molar-refractivity contribution is 5.96. The summed E-state index contributed by atoms with van der Waals surface area (Å²) in [5, 5.41) is 2.97. The van der Waals surface area contributed by atoms with Gasteiger partial charge in [0.05, 0.1) is 5.69 Å². The highest BCUT2D eigenvalue weighted by Gasteiger charge is 2.21. The number of anilines is 4. The van der Waals surface area contributed by atoms with Gasteiger partial charge in [-0.25, -0.2) is 9.37 Å². The number of nitrogen functional groups attached to an aromatic ring is 1. The predicted molar refractivity (Wildman–Crippen MR) is 130 cm³/mol. The molecule has 5 N–H and O–H groups in total. The largest absolute Gasteiger partial charge is 0.437 e. The average Bonchev–Trinajstić information content (AvgIpc) is 2.80. The number of primary amides is 1. The van der Waals surface area contributed by atoms with Gasteiger partial charge in [0.2, 0.25) is 5.88 Å². The molecule has 0 saturated carbocycles.